The minimum atomic E-state index is -0.440. The van der Waals surface area contributed by atoms with Gasteiger partial charge in [-0.25, -0.2) is 0 Å². The summed E-state index contributed by atoms with van der Waals surface area (Å²) in [5.74, 6) is 1.06. The highest BCUT2D eigenvalue weighted by atomic mass is 32.1. The second-order valence-electron chi connectivity index (χ2n) is 8.46. The summed E-state index contributed by atoms with van der Waals surface area (Å²) in [5, 5.41) is 10.9. The van der Waals surface area contributed by atoms with E-state index in [9.17, 15) is 14.4 Å². The number of carbonyl (C=O) groups is 3. The van der Waals surface area contributed by atoms with E-state index in [0.29, 0.717) is 42.6 Å². The molecule has 174 valence electrons. The molecular formula is C22H25N5O5S. The maximum atomic E-state index is 12.9. The van der Waals surface area contributed by atoms with Crippen LogP contribution in [0.4, 0.5) is 5.69 Å². The van der Waals surface area contributed by atoms with Gasteiger partial charge < -0.3 is 24.6 Å². The molecule has 33 heavy (non-hydrogen) atoms. The molecule has 11 heteroatoms. The molecule has 1 aromatic heterocycles. The normalized spacial score (nSPS) is 17.9. The summed E-state index contributed by atoms with van der Waals surface area (Å²) in [5.41, 5.74) is 0.540. The SMILES string of the molecule is O=C(Nc1ccc2c(c1)OCO2)c1nnc(C(=O)N2CCC(CC(=O)N3CCCC3)CC2)s1. The van der Waals surface area contributed by atoms with Crippen LogP contribution in [0.3, 0.4) is 0 Å². The average molecular weight is 472 g/mol. The van der Waals surface area contributed by atoms with Crippen LogP contribution in [-0.4, -0.2) is 70.7 Å². The highest BCUT2D eigenvalue weighted by Gasteiger charge is 2.29. The van der Waals surface area contributed by atoms with Crippen molar-refractivity contribution in [1.29, 1.82) is 0 Å². The number of hydrogen-bond acceptors (Lipinski definition) is 8. The van der Waals surface area contributed by atoms with Crippen LogP contribution in [0.25, 0.3) is 0 Å². The van der Waals surface area contributed by atoms with Crippen molar-refractivity contribution in [3.05, 3.63) is 28.2 Å². The van der Waals surface area contributed by atoms with Crippen LogP contribution in [-0.2, 0) is 4.79 Å². The number of nitrogens with zero attached hydrogens (tertiary/aromatic N) is 4. The van der Waals surface area contributed by atoms with Crippen LogP contribution in [0.2, 0.25) is 0 Å². The summed E-state index contributed by atoms with van der Waals surface area (Å²) in [7, 11) is 0. The standard InChI is InChI=1S/C22H25N5O5S/c28-18(26-7-1-2-8-26)11-14-5-9-27(10-6-14)22(30)21-25-24-20(33-21)19(29)23-15-3-4-16-17(12-15)32-13-31-16/h3-4,12,14H,1-2,5-11,13H2,(H,23,29). The lowest BCUT2D eigenvalue weighted by atomic mass is 9.93. The van der Waals surface area contributed by atoms with Gasteiger partial charge in [0.25, 0.3) is 11.8 Å². The second kappa shape index (κ2) is 9.34. The van der Waals surface area contributed by atoms with Crippen LogP contribution in [0.5, 0.6) is 11.5 Å². The maximum absolute atomic E-state index is 12.9. The van der Waals surface area contributed by atoms with Gasteiger partial charge in [0, 0.05) is 44.4 Å². The molecule has 3 aliphatic rings. The summed E-state index contributed by atoms with van der Waals surface area (Å²) >= 11 is 0.973. The first-order valence-electron chi connectivity index (χ1n) is 11.2. The highest BCUT2D eigenvalue weighted by molar-refractivity contribution is 7.15. The first kappa shape index (κ1) is 21.6. The fourth-order valence-electron chi connectivity index (χ4n) is 4.38. The minimum absolute atomic E-state index is 0.113. The average Bonchev–Trinajstić information content (AvgIpc) is 3.60. The van der Waals surface area contributed by atoms with E-state index in [2.05, 4.69) is 15.5 Å². The zero-order valence-corrected chi connectivity index (χ0v) is 18.9. The van der Waals surface area contributed by atoms with Gasteiger partial charge in [0.15, 0.2) is 11.5 Å². The van der Waals surface area contributed by atoms with Gasteiger partial charge in [-0.1, -0.05) is 11.3 Å². The molecule has 0 atom stereocenters. The van der Waals surface area contributed by atoms with Gasteiger partial charge in [-0.15, -0.1) is 10.2 Å². The molecule has 0 aliphatic carbocycles. The Morgan fingerprint density at radius 2 is 1.70 bits per heavy atom. The maximum Gasteiger partial charge on any atom is 0.286 e. The van der Waals surface area contributed by atoms with Crippen molar-refractivity contribution in [2.24, 2.45) is 5.92 Å². The Kier molecular flexibility index (Phi) is 6.12. The first-order valence-corrected chi connectivity index (χ1v) is 12.0. The number of likely N-dealkylation sites (tertiary alicyclic amines) is 2. The van der Waals surface area contributed by atoms with Gasteiger partial charge in [0.05, 0.1) is 0 Å². The Hall–Kier alpha value is -3.21. The number of anilines is 1. The molecule has 0 saturated carbocycles. The Morgan fingerprint density at radius 3 is 2.48 bits per heavy atom. The van der Waals surface area contributed by atoms with Crippen LogP contribution in [0, 0.1) is 5.92 Å². The zero-order valence-electron chi connectivity index (χ0n) is 18.1. The van der Waals surface area contributed by atoms with Crippen molar-refractivity contribution >= 4 is 34.7 Å². The van der Waals surface area contributed by atoms with E-state index in [-0.39, 0.29) is 28.6 Å². The number of ether oxygens (including phenoxy) is 2. The summed E-state index contributed by atoms with van der Waals surface area (Å²) in [6.45, 7) is 3.06. The van der Waals surface area contributed by atoms with Gasteiger partial charge in [0.1, 0.15) is 0 Å². The molecule has 4 heterocycles. The third kappa shape index (κ3) is 4.77. The molecule has 10 nitrogen and oxygen atoms in total. The quantitative estimate of drug-likeness (QED) is 0.712. The lowest BCUT2D eigenvalue weighted by molar-refractivity contribution is -0.131. The minimum Gasteiger partial charge on any atom is -0.454 e. The molecule has 0 unspecified atom stereocenters. The molecule has 0 radical (unpaired) electrons. The molecule has 1 N–H and O–H groups in total. The second-order valence-corrected chi connectivity index (χ2v) is 9.44. The van der Waals surface area contributed by atoms with Crippen molar-refractivity contribution in [1.82, 2.24) is 20.0 Å². The smallest absolute Gasteiger partial charge is 0.286 e. The summed E-state index contributed by atoms with van der Waals surface area (Å²) in [6.07, 6.45) is 4.34. The number of aromatic nitrogens is 2. The lowest BCUT2D eigenvalue weighted by Crippen LogP contribution is -2.40. The van der Waals surface area contributed by atoms with Crippen molar-refractivity contribution in [3.8, 4) is 11.5 Å². The van der Waals surface area contributed by atoms with E-state index in [0.717, 1.165) is 50.1 Å². The van der Waals surface area contributed by atoms with E-state index in [1.54, 1.807) is 23.1 Å². The molecule has 3 aliphatic heterocycles. The van der Waals surface area contributed by atoms with Crippen LogP contribution in [0.15, 0.2) is 18.2 Å². The molecule has 2 fully saturated rings. The van der Waals surface area contributed by atoms with Gasteiger partial charge in [-0.05, 0) is 43.7 Å². The van der Waals surface area contributed by atoms with Gasteiger partial charge >= 0.3 is 0 Å². The number of piperidine rings is 1. The molecule has 1 aromatic carbocycles. The number of fused-ring (bicyclic) bond motifs is 1. The van der Waals surface area contributed by atoms with Crippen molar-refractivity contribution < 1.29 is 23.9 Å². The topological polar surface area (TPSA) is 114 Å². The van der Waals surface area contributed by atoms with Gasteiger partial charge in [-0.2, -0.15) is 0 Å². The van der Waals surface area contributed by atoms with E-state index < -0.39 is 5.91 Å². The molecule has 2 aromatic rings. The number of benzene rings is 1. The Balaban J connectivity index is 1.13. The highest BCUT2D eigenvalue weighted by Crippen LogP contribution is 2.34. The van der Waals surface area contributed by atoms with E-state index in [4.69, 9.17) is 9.47 Å². The number of rotatable bonds is 5. The molecular weight excluding hydrogens is 446 g/mol. The number of nitrogens with one attached hydrogen (secondary N) is 1. The largest absolute Gasteiger partial charge is 0.454 e. The fourth-order valence-corrected chi connectivity index (χ4v) is 5.08. The number of amides is 3. The summed E-state index contributed by atoms with van der Waals surface area (Å²) < 4.78 is 10.6. The molecule has 0 bridgehead atoms. The van der Waals surface area contributed by atoms with E-state index in [1.807, 2.05) is 4.90 Å². The van der Waals surface area contributed by atoms with E-state index >= 15 is 0 Å². The summed E-state index contributed by atoms with van der Waals surface area (Å²) in [4.78, 5) is 41.5. The molecule has 2 saturated heterocycles. The molecule has 0 spiro atoms. The van der Waals surface area contributed by atoms with Crippen molar-refractivity contribution in [3.63, 3.8) is 0 Å². The Bertz CT molecular complexity index is 1060. The predicted molar refractivity (Wildman–Crippen MR) is 119 cm³/mol. The van der Waals surface area contributed by atoms with Gasteiger partial charge in [0.2, 0.25) is 22.7 Å². The Morgan fingerprint density at radius 1 is 0.970 bits per heavy atom. The van der Waals surface area contributed by atoms with Crippen molar-refractivity contribution in [2.45, 2.75) is 32.1 Å². The van der Waals surface area contributed by atoms with Gasteiger partial charge in [-0.3, -0.25) is 14.4 Å². The zero-order chi connectivity index (χ0) is 22.8. The van der Waals surface area contributed by atoms with Crippen molar-refractivity contribution in [2.75, 3.05) is 38.3 Å². The van der Waals surface area contributed by atoms with Crippen LogP contribution >= 0.6 is 11.3 Å². The predicted octanol–water partition coefficient (Wildman–Crippen LogP) is 2.38. The number of hydrogen-bond donors (Lipinski definition) is 1. The first-order chi connectivity index (χ1) is 16.1. The third-order valence-electron chi connectivity index (χ3n) is 6.26. The monoisotopic (exact) mass is 471 g/mol. The lowest BCUT2D eigenvalue weighted by Gasteiger charge is -2.31. The number of carbonyl (C=O) groups excluding carboxylic acids is 3. The summed E-state index contributed by atoms with van der Waals surface area (Å²) in [6, 6.07) is 5.10. The Labute approximate surface area is 194 Å². The van der Waals surface area contributed by atoms with Crippen LogP contribution < -0.4 is 14.8 Å². The van der Waals surface area contributed by atoms with Crippen LogP contribution in [0.1, 0.15) is 51.7 Å². The molecule has 5 rings (SSSR count). The fraction of sp³-hybridized carbons (Fsp3) is 0.500. The molecule has 3 amide bonds. The third-order valence-corrected chi connectivity index (χ3v) is 7.17. The van der Waals surface area contributed by atoms with E-state index in [1.165, 1.54) is 0 Å².